The molecule has 0 unspecified atom stereocenters. The summed E-state index contributed by atoms with van der Waals surface area (Å²) >= 11 is 0. The van der Waals surface area contributed by atoms with Gasteiger partial charge in [-0.2, -0.15) is 0 Å². The third-order valence-electron chi connectivity index (χ3n) is 3.18. The monoisotopic (exact) mass is 269 g/mol. The van der Waals surface area contributed by atoms with Crippen LogP contribution >= 0.6 is 0 Å². The van der Waals surface area contributed by atoms with Gasteiger partial charge in [0.1, 0.15) is 0 Å². The molecule has 1 aromatic heterocycles. The molecule has 1 heterocycles. The lowest BCUT2D eigenvalue weighted by molar-refractivity contribution is 0.0992. The van der Waals surface area contributed by atoms with Crippen molar-refractivity contribution in [3.63, 3.8) is 0 Å². The Hall–Kier alpha value is -2.36. The third kappa shape index (κ3) is 2.96. The van der Waals surface area contributed by atoms with E-state index in [1.54, 1.807) is 24.3 Å². The van der Waals surface area contributed by atoms with E-state index in [2.05, 4.69) is 10.3 Å². The molecule has 1 aromatic carbocycles. The van der Waals surface area contributed by atoms with Gasteiger partial charge in [0.05, 0.1) is 11.9 Å². The summed E-state index contributed by atoms with van der Waals surface area (Å²) in [6.45, 7) is 4.86. The maximum Gasteiger partial charge on any atom is 0.258 e. The lowest BCUT2D eigenvalue weighted by Gasteiger charge is -2.18. The Bertz CT molecular complexity index is 596. The van der Waals surface area contributed by atoms with Crippen LogP contribution in [0.15, 0.2) is 42.7 Å². The van der Waals surface area contributed by atoms with Gasteiger partial charge in [-0.3, -0.25) is 9.78 Å². The van der Waals surface area contributed by atoms with Crippen molar-refractivity contribution < 1.29 is 4.79 Å². The normalized spacial score (nSPS) is 10.2. The number of carbonyl (C=O) groups excluding carboxylic acids is 1. The van der Waals surface area contributed by atoms with Crippen LogP contribution < -0.4 is 10.2 Å². The standard InChI is InChI=1S/C16H19N3O/c1-4-18-13-7-8-15(12(2)10-13)16(20)19(3)14-6-5-9-17-11-14/h5-11,18H,4H2,1-3H3. The molecule has 0 atom stereocenters. The van der Waals surface area contributed by atoms with Gasteiger partial charge in [-0.15, -0.1) is 0 Å². The molecule has 4 heteroatoms. The molecule has 0 aliphatic heterocycles. The van der Waals surface area contributed by atoms with Gasteiger partial charge in [-0.1, -0.05) is 0 Å². The van der Waals surface area contributed by atoms with Crippen LogP contribution in [-0.2, 0) is 0 Å². The number of amides is 1. The van der Waals surface area contributed by atoms with Crippen LogP contribution in [0, 0.1) is 6.92 Å². The Balaban J connectivity index is 2.25. The highest BCUT2D eigenvalue weighted by atomic mass is 16.2. The molecule has 104 valence electrons. The van der Waals surface area contributed by atoms with E-state index in [1.807, 2.05) is 44.2 Å². The molecule has 0 radical (unpaired) electrons. The fourth-order valence-corrected chi connectivity index (χ4v) is 2.07. The molecule has 0 aliphatic rings. The zero-order valence-electron chi connectivity index (χ0n) is 12.1. The molecule has 4 nitrogen and oxygen atoms in total. The Kier molecular flexibility index (Phi) is 4.35. The molecule has 2 rings (SSSR count). The highest BCUT2D eigenvalue weighted by Crippen LogP contribution is 2.19. The van der Waals surface area contributed by atoms with Crippen molar-refractivity contribution in [2.45, 2.75) is 13.8 Å². The lowest BCUT2D eigenvalue weighted by Crippen LogP contribution is -2.27. The second kappa shape index (κ2) is 6.19. The van der Waals surface area contributed by atoms with Crippen molar-refractivity contribution in [3.8, 4) is 0 Å². The summed E-state index contributed by atoms with van der Waals surface area (Å²) in [6, 6.07) is 9.48. The first kappa shape index (κ1) is 14.1. The summed E-state index contributed by atoms with van der Waals surface area (Å²) in [5.74, 6) is -0.0291. The first-order valence-corrected chi connectivity index (χ1v) is 6.66. The maximum absolute atomic E-state index is 12.5. The molecule has 0 spiro atoms. The molecule has 0 saturated carbocycles. The van der Waals surface area contributed by atoms with Crippen molar-refractivity contribution in [1.29, 1.82) is 0 Å². The Morgan fingerprint density at radius 2 is 2.15 bits per heavy atom. The molecule has 20 heavy (non-hydrogen) atoms. The van der Waals surface area contributed by atoms with Crippen molar-refractivity contribution in [3.05, 3.63) is 53.9 Å². The summed E-state index contributed by atoms with van der Waals surface area (Å²) in [4.78, 5) is 18.2. The van der Waals surface area contributed by atoms with Crippen LogP contribution in [0.2, 0.25) is 0 Å². The number of benzene rings is 1. The molecule has 0 bridgehead atoms. The van der Waals surface area contributed by atoms with E-state index >= 15 is 0 Å². The van der Waals surface area contributed by atoms with E-state index < -0.39 is 0 Å². The van der Waals surface area contributed by atoms with E-state index in [0.29, 0.717) is 5.56 Å². The van der Waals surface area contributed by atoms with Crippen LogP contribution in [0.1, 0.15) is 22.8 Å². The number of aryl methyl sites for hydroxylation is 1. The molecular formula is C16H19N3O. The van der Waals surface area contributed by atoms with Crippen LogP contribution in [0.4, 0.5) is 11.4 Å². The van der Waals surface area contributed by atoms with Gasteiger partial charge in [0.15, 0.2) is 0 Å². The van der Waals surface area contributed by atoms with Crippen molar-refractivity contribution in [2.24, 2.45) is 0 Å². The number of hydrogen-bond donors (Lipinski definition) is 1. The number of pyridine rings is 1. The van der Waals surface area contributed by atoms with Gasteiger partial charge in [0, 0.05) is 31.0 Å². The third-order valence-corrected chi connectivity index (χ3v) is 3.18. The summed E-state index contributed by atoms with van der Waals surface area (Å²) < 4.78 is 0. The van der Waals surface area contributed by atoms with Crippen molar-refractivity contribution >= 4 is 17.3 Å². The van der Waals surface area contributed by atoms with Gasteiger partial charge in [-0.05, 0) is 49.7 Å². The van der Waals surface area contributed by atoms with Crippen LogP contribution in [-0.4, -0.2) is 24.5 Å². The van der Waals surface area contributed by atoms with Crippen molar-refractivity contribution in [1.82, 2.24) is 4.98 Å². The first-order chi connectivity index (χ1) is 9.63. The Labute approximate surface area is 119 Å². The summed E-state index contributed by atoms with van der Waals surface area (Å²) in [6.07, 6.45) is 3.37. The minimum atomic E-state index is -0.0291. The van der Waals surface area contributed by atoms with E-state index in [4.69, 9.17) is 0 Å². The van der Waals surface area contributed by atoms with Crippen LogP contribution in [0.5, 0.6) is 0 Å². The summed E-state index contributed by atoms with van der Waals surface area (Å²) in [5, 5.41) is 3.24. The number of hydrogen-bond acceptors (Lipinski definition) is 3. The fraction of sp³-hybridized carbons (Fsp3) is 0.250. The van der Waals surface area contributed by atoms with Gasteiger partial charge in [-0.25, -0.2) is 0 Å². The minimum Gasteiger partial charge on any atom is -0.385 e. The number of anilines is 2. The number of nitrogens with zero attached hydrogens (tertiary/aromatic N) is 2. The second-order valence-electron chi connectivity index (χ2n) is 4.64. The zero-order valence-corrected chi connectivity index (χ0v) is 12.1. The molecular weight excluding hydrogens is 250 g/mol. The van der Waals surface area contributed by atoms with E-state index in [0.717, 1.165) is 23.5 Å². The quantitative estimate of drug-likeness (QED) is 0.927. The molecule has 0 saturated heterocycles. The molecule has 0 aliphatic carbocycles. The lowest BCUT2D eigenvalue weighted by atomic mass is 10.1. The van der Waals surface area contributed by atoms with Gasteiger partial charge in [0.2, 0.25) is 0 Å². The minimum absolute atomic E-state index is 0.0291. The maximum atomic E-state index is 12.5. The molecule has 1 N–H and O–H groups in total. The molecule has 2 aromatic rings. The van der Waals surface area contributed by atoms with Gasteiger partial charge in [0.25, 0.3) is 5.91 Å². The average Bonchev–Trinajstić information content (AvgIpc) is 2.47. The average molecular weight is 269 g/mol. The van der Waals surface area contributed by atoms with Crippen LogP contribution in [0.3, 0.4) is 0 Å². The largest absolute Gasteiger partial charge is 0.385 e. The highest BCUT2D eigenvalue weighted by molar-refractivity contribution is 6.06. The van der Waals surface area contributed by atoms with E-state index in [9.17, 15) is 4.79 Å². The zero-order chi connectivity index (χ0) is 14.5. The summed E-state index contributed by atoms with van der Waals surface area (Å²) in [7, 11) is 1.76. The Morgan fingerprint density at radius 3 is 2.75 bits per heavy atom. The van der Waals surface area contributed by atoms with Gasteiger partial charge < -0.3 is 10.2 Å². The molecule has 0 fully saturated rings. The second-order valence-corrected chi connectivity index (χ2v) is 4.64. The predicted molar refractivity (Wildman–Crippen MR) is 82.3 cm³/mol. The Morgan fingerprint density at radius 1 is 1.35 bits per heavy atom. The highest BCUT2D eigenvalue weighted by Gasteiger charge is 2.15. The van der Waals surface area contributed by atoms with Crippen LogP contribution in [0.25, 0.3) is 0 Å². The number of rotatable bonds is 4. The van der Waals surface area contributed by atoms with E-state index in [1.165, 1.54) is 0 Å². The summed E-state index contributed by atoms with van der Waals surface area (Å²) in [5.41, 5.74) is 3.49. The predicted octanol–water partition coefficient (Wildman–Crippen LogP) is 3.10. The fourth-order valence-electron chi connectivity index (χ4n) is 2.07. The van der Waals surface area contributed by atoms with Gasteiger partial charge >= 0.3 is 0 Å². The topological polar surface area (TPSA) is 45.2 Å². The number of aromatic nitrogens is 1. The first-order valence-electron chi connectivity index (χ1n) is 6.66. The number of nitrogens with one attached hydrogen (secondary N) is 1. The van der Waals surface area contributed by atoms with E-state index in [-0.39, 0.29) is 5.91 Å². The smallest absolute Gasteiger partial charge is 0.258 e. The number of carbonyl (C=O) groups is 1. The molecule has 1 amide bonds. The van der Waals surface area contributed by atoms with Crippen molar-refractivity contribution in [2.75, 3.05) is 23.8 Å². The SMILES string of the molecule is CCNc1ccc(C(=O)N(C)c2cccnc2)c(C)c1.